The quantitative estimate of drug-likeness (QED) is 0.859. The molecule has 0 saturated carbocycles. The van der Waals surface area contributed by atoms with Crippen LogP contribution in [0.3, 0.4) is 0 Å². The SMILES string of the molecule is COCCN(CC1CCCN1)C(=O)c1cccc(C#N)c1. The Balaban J connectivity index is 2.09. The third-order valence-corrected chi connectivity index (χ3v) is 3.69. The van der Waals surface area contributed by atoms with Crippen LogP contribution in [0.1, 0.15) is 28.8 Å². The number of hydrogen-bond acceptors (Lipinski definition) is 4. The molecule has 112 valence electrons. The molecule has 21 heavy (non-hydrogen) atoms. The van der Waals surface area contributed by atoms with Gasteiger partial charge in [0, 0.05) is 31.8 Å². The maximum absolute atomic E-state index is 12.6. The molecule has 1 atom stereocenters. The van der Waals surface area contributed by atoms with Crippen LogP contribution < -0.4 is 5.32 Å². The van der Waals surface area contributed by atoms with Crippen LogP contribution in [-0.4, -0.2) is 50.2 Å². The molecule has 1 fully saturated rings. The Bertz CT molecular complexity index is 518. The molecule has 0 bridgehead atoms. The second-order valence-corrected chi connectivity index (χ2v) is 5.23. The molecule has 5 nitrogen and oxygen atoms in total. The smallest absolute Gasteiger partial charge is 0.254 e. The van der Waals surface area contributed by atoms with Crippen molar-refractivity contribution in [2.45, 2.75) is 18.9 Å². The van der Waals surface area contributed by atoms with Crippen LogP contribution >= 0.6 is 0 Å². The number of amides is 1. The lowest BCUT2D eigenvalue weighted by atomic mass is 10.1. The van der Waals surface area contributed by atoms with E-state index in [2.05, 4.69) is 11.4 Å². The first-order chi connectivity index (χ1) is 10.2. The molecule has 1 N–H and O–H groups in total. The average molecular weight is 287 g/mol. The topological polar surface area (TPSA) is 65.4 Å². The molecule has 1 unspecified atom stereocenters. The van der Waals surface area contributed by atoms with Crippen LogP contribution in [0.4, 0.5) is 0 Å². The van der Waals surface area contributed by atoms with E-state index < -0.39 is 0 Å². The number of carbonyl (C=O) groups excluding carboxylic acids is 1. The zero-order valence-corrected chi connectivity index (χ0v) is 12.3. The maximum atomic E-state index is 12.6. The minimum Gasteiger partial charge on any atom is -0.383 e. The van der Waals surface area contributed by atoms with Crippen molar-refractivity contribution < 1.29 is 9.53 Å². The van der Waals surface area contributed by atoms with Gasteiger partial charge in [0.2, 0.25) is 0 Å². The summed E-state index contributed by atoms with van der Waals surface area (Å²) in [6.07, 6.45) is 2.25. The number of nitrogens with zero attached hydrogens (tertiary/aromatic N) is 2. The van der Waals surface area contributed by atoms with Crippen molar-refractivity contribution in [3.63, 3.8) is 0 Å². The van der Waals surface area contributed by atoms with Crippen molar-refractivity contribution in [3.05, 3.63) is 35.4 Å². The predicted octanol–water partition coefficient (Wildman–Crippen LogP) is 1.40. The number of rotatable bonds is 6. The Labute approximate surface area is 125 Å². The molecule has 5 heteroatoms. The van der Waals surface area contributed by atoms with Gasteiger partial charge in [-0.15, -0.1) is 0 Å². The predicted molar refractivity (Wildman–Crippen MR) is 80.0 cm³/mol. The largest absolute Gasteiger partial charge is 0.383 e. The fourth-order valence-electron chi connectivity index (χ4n) is 2.56. The van der Waals surface area contributed by atoms with Gasteiger partial charge in [-0.25, -0.2) is 0 Å². The number of benzene rings is 1. The highest BCUT2D eigenvalue weighted by Gasteiger charge is 2.22. The van der Waals surface area contributed by atoms with Gasteiger partial charge < -0.3 is 15.0 Å². The van der Waals surface area contributed by atoms with E-state index in [1.54, 1.807) is 31.4 Å². The first-order valence-corrected chi connectivity index (χ1v) is 7.26. The molecule has 1 aromatic carbocycles. The minimum atomic E-state index is -0.0437. The monoisotopic (exact) mass is 287 g/mol. The molecule has 0 radical (unpaired) electrons. The summed E-state index contributed by atoms with van der Waals surface area (Å²) in [7, 11) is 1.63. The summed E-state index contributed by atoms with van der Waals surface area (Å²) in [4.78, 5) is 14.4. The van der Waals surface area contributed by atoms with Gasteiger partial charge in [-0.3, -0.25) is 4.79 Å². The molecule has 1 heterocycles. The van der Waals surface area contributed by atoms with E-state index in [0.29, 0.717) is 36.9 Å². The van der Waals surface area contributed by atoms with Gasteiger partial charge in [0.1, 0.15) is 0 Å². The normalized spacial score (nSPS) is 17.4. The summed E-state index contributed by atoms with van der Waals surface area (Å²) in [5.74, 6) is -0.0437. The van der Waals surface area contributed by atoms with E-state index in [1.807, 2.05) is 4.90 Å². The van der Waals surface area contributed by atoms with E-state index in [9.17, 15) is 4.79 Å². The average Bonchev–Trinajstić information content (AvgIpc) is 3.03. The molecule has 0 spiro atoms. The van der Waals surface area contributed by atoms with Gasteiger partial charge in [0.25, 0.3) is 5.91 Å². The highest BCUT2D eigenvalue weighted by Crippen LogP contribution is 2.12. The lowest BCUT2D eigenvalue weighted by Crippen LogP contribution is -2.42. The number of methoxy groups -OCH3 is 1. The number of hydrogen-bond donors (Lipinski definition) is 1. The van der Waals surface area contributed by atoms with E-state index in [4.69, 9.17) is 10.00 Å². The molecular weight excluding hydrogens is 266 g/mol. The minimum absolute atomic E-state index is 0.0437. The molecule has 1 aliphatic rings. The van der Waals surface area contributed by atoms with Crippen LogP contribution in [0.5, 0.6) is 0 Å². The van der Waals surface area contributed by atoms with E-state index in [-0.39, 0.29) is 5.91 Å². The molecule has 1 saturated heterocycles. The molecule has 2 rings (SSSR count). The summed E-state index contributed by atoms with van der Waals surface area (Å²) in [5, 5.41) is 12.4. The Morgan fingerprint density at radius 2 is 2.43 bits per heavy atom. The van der Waals surface area contributed by atoms with Crippen molar-refractivity contribution >= 4 is 5.91 Å². The molecule has 1 aliphatic heterocycles. The van der Waals surface area contributed by atoms with Crippen molar-refractivity contribution in [2.75, 3.05) is 33.4 Å². The molecule has 0 aromatic heterocycles. The fraction of sp³-hybridized carbons (Fsp3) is 0.500. The van der Waals surface area contributed by atoms with Gasteiger partial charge in [-0.2, -0.15) is 5.26 Å². The summed E-state index contributed by atoms with van der Waals surface area (Å²) < 4.78 is 5.10. The molecule has 0 aliphatic carbocycles. The summed E-state index contributed by atoms with van der Waals surface area (Å²) in [5.41, 5.74) is 1.06. The standard InChI is InChI=1S/C16H21N3O2/c1-21-9-8-19(12-15-6-3-7-18-15)16(20)14-5-2-4-13(10-14)11-17/h2,4-5,10,15,18H,3,6-9,12H2,1H3. The summed E-state index contributed by atoms with van der Waals surface area (Å²) in [6.45, 7) is 2.76. The third kappa shape index (κ3) is 4.28. The molecular formula is C16H21N3O2. The highest BCUT2D eigenvalue weighted by atomic mass is 16.5. The van der Waals surface area contributed by atoms with Crippen LogP contribution in [0.15, 0.2) is 24.3 Å². The highest BCUT2D eigenvalue weighted by molar-refractivity contribution is 5.94. The van der Waals surface area contributed by atoms with E-state index in [1.165, 1.54) is 0 Å². The van der Waals surface area contributed by atoms with Gasteiger partial charge in [0.15, 0.2) is 0 Å². The summed E-state index contributed by atoms with van der Waals surface area (Å²) >= 11 is 0. The number of nitrogens with one attached hydrogen (secondary N) is 1. The van der Waals surface area contributed by atoms with Gasteiger partial charge in [0.05, 0.1) is 18.2 Å². The second kappa shape index (κ2) is 7.77. The van der Waals surface area contributed by atoms with E-state index in [0.717, 1.165) is 19.4 Å². The number of ether oxygens (including phenoxy) is 1. The van der Waals surface area contributed by atoms with Crippen LogP contribution in [0.2, 0.25) is 0 Å². The van der Waals surface area contributed by atoms with Crippen LogP contribution in [-0.2, 0) is 4.74 Å². The Morgan fingerprint density at radius 3 is 3.10 bits per heavy atom. The van der Waals surface area contributed by atoms with Crippen LogP contribution in [0.25, 0.3) is 0 Å². The Hall–Kier alpha value is -1.90. The summed E-state index contributed by atoms with van der Waals surface area (Å²) in [6, 6.07) is 9.27. The zero-order chi connectivity index (χ0) is 15.1. The first-order valence-electron chi connectivity index (χ1n) is 7.26. The lowest BCUT2D eigenvalue weighted by molar-refractivity contribution is 0.0679. The number of carbonyl (C=O) groups is 1. The number of nitriles is 1. The van der Waals surface area contributed by atoms with Crippen LogP contribution in [0, 0.1) is 11.3 Å². The van der Waals surface area contributed by atoms with Gasteiger partial charge in [-0.1, -0.05) is 6.07 Å². The molecule has 1 aromatic rings. The maximum Gasteiger partial charge on any atom is 0.254 e. The van der Waals surface area contributed by atoms with Crippen molar-refractivity contribution in [1.82, 2.24) is 10.2 Å². The van der Waals surface area contributed by atoms with Crippen molar-refractivity contribution in [2.24, 2.45) is 0 Å². The lowest BCUT2D eigenvalue weighted by Gasteiger charge is -2.26. The fourth-order valence-corrected chi connectivity index (χ4v) is 2.56. The van der Waals surface area contributed by atoms with Crippen molar-refractivity contribution in [1.29, 1.82) is 5.26 Å². The second-order valence-electron chi connectivity index (χ2n) is 5.23. The zero-order valence-electron chi connectivity index (χ0n) is 12.3. The Kier molecular flexibility index (Phi) is 5.73. The third-order valence-electron chi connectivity index (χ3n) is 3.69. The van der Waals surface area contributed by atoms with Gasteiger partial charge >= 0.3 is 0 Å². The van der Waals surface area contributed by atoms with E-state index >= 15 is 0 Å². The molecule has 1 amide bonds. The van der Waals surface area contributed by atoms with Gasteiger partial charge in [-0.05, 0) is 37.6 Å². The first kappa shape index (κ1) is 15.5. The van der Waals surface area contributed by atoms with Crippen molar-refractivity contribution in [3.8, 4) is 6.07 Å². The Morgan fingerprint density at radius 1 is 1.57 bits per heavy atom.